The lowest BCUT2D eigenvalue weighted by Gasteiger charge is -2.26. The number of fused-ring (bicyclic) bond motifs is 2. The van der Waals surface area contributed by atoms with E-state index in [4.69, 9.17) is 4.74 Å². The third-order valence-corrected chi connectivity index (χ3v) is 6.32. The molecule has 0 fully saturated rings. The highest BCUT2D eigenvalue weighted by Crippen LogP contribution is 2.32. The number of aliphatic hydroxyl groups excluding tert-OH is 1. The van der Waals surface area contributed by atoms with Crippen molar-refractivity contribution in [3.8, 4) is 0 Å². The maximum Gasteiger partial charge on any atom is 0.262 e. The molecule has 0 saturated heterocycles. The first-order valence-corrected chi connectivity index (χ1v) is 10.3. The third kappa shape index (κ3) is 3.83. The Kier molecular flexibility index (Phi) is 5.38. The molecule has 6 heteroatoms. The number of aromatic nitrogens is 2. The highest BCUT2D eigenvalue weighted by atomic mass is 32.1. The number of nitrogens with zero attached hydrogens (tertiary/aromatic N) is 2. The van der Waals surface area contributed by atoms with E-state index in [1.165, 1.54) is 22.0 Å². The van der Waals surface area contributed by atoms with Crippen LogP contribution in [0.1, 0.15) is 41.9 Å². The quantitative estimate of drug-likeness (QED) is 0.707. The first kappa shape index (κ1) is 18.3. The molecule has 3 aromatic rings. The van der Waals surface area contributed by atoms with E-state index in [0.29, 0.717) is 5.39 Å². The number of hydrogen-bond acceptors (Lipinski definition) is 5. The number of aryl methyl sites for hydroxylation is 2. The number of rotatable bonds is 6. The Labute approximate surface area is 162 Å². The van der Waals surface area contributed by atoms with Crippen LogP contribution in [0.15, 0.2) is 41.5 Å². The minimum atomic E-state index is -0.750. The zero-order valence-corrected chi connectivity index (χ0v) is 16.2. The second-order valence-corrected chi connectivity index (χ2v) is 8.17. The summed E-state index contributed by atoms with van der Waals surface area (Å²) in [5.74, 6) is 0. The summed E-state index contributed by atoms with van der Waals surface area (Å²) in [6, 6.07) is 10.2. The van der Waals surface area contributed by atoms with Crippen LogP contribution >= 0.6 is 11.3 Å². The van der Waals surface area contributed by atoms with Gasteiger partial charge in [0.2, 0.25) is 0 Å². The number of benzene rings is 1. The Morgan fingerprint density at radius 1 is 1.41 bits per heavy atom. The molecule has 1 aliphatic carbocycles. The van der Waals surface area contributed by atoms with Crippen molar-refractivity contribution in [2.75, 3.05) is 6.61 Å². The van der Waals surface area contributed by atoms with E-state index in [1.807, 2.05) is 12.1 Å². The van der Waals surface area contributed by atoms with Crippen LogP contribution in [0.3, 0.4) is 0 Å². The van der Waals surface area contributed by atoms with Crippen LogP contribution < -0.4 is 5.56 Å². The van der Waals surface area contributed by atoms with Gasteiger partial charge in [-0.15, -0.1) is 11.3 Å². The molecule has 2 atom stereocenters. The molecule has 4 rings (SSSR count). The summed E-state index contributed by atoms with van der Waals surface area (Å²) < 4.78 is 7.49. The Bertz CT molecular complexity index is 995. The van der Waals surface area contributed by atoms with Crippen molar-refractivity contribution in [2.45, 2.75) is 51.4 Å². The smallest absolute Gasteiger partial charge is 0.262 e. The molecule has 1 N–H and O–H groups in total. The van der Waals surface area contributed by atoms with E-state index in [1.54, 1.807) is 11.3 Å². The molecule has 142 valence electrons. The van der Waals surface area contributed by atoms with E-state index in [-0.39, 0.29) is 24.8 Å². The third-order valence-electron chi connectivity index (χ3n) is 5.13. The van der Waals surface area contributed by atoms with E-state index in [2.05, 4.69) is 30.1 Å². The first-order valence-electron chi connectivity index (χ1n) is 9.51. The second-order valence-electron chi connectivity index (χ2n) is 7.05. The van der Waals surface area contributed by atoms with Gasteiger partial charge in [-0.25, -0.2) is 4.98 Å². The van der Waals surface area contributed by atoms with Crippen LogP contribution in [0, 0.1) is 0 Å². The molecule has 0 radical (unpaired) electrons. The summed E-state index contributed by atoms with van der Waals surface area (Å²) in [5.41, 5.74) is 2.46. The van der Waals surface area contributed by atoms with Gasteiger partial charge in [-0.05, 0) is 42.9 Å². The molecule has 0 aliphatic heterocycles. The number of aliphatic hydroxyl groups is 1. The maximum atomic E-state index is 12.6. The van der Waals surface area contributed by atoms with Gasteiger partial charge in [-0.2, -0.15) is 0 Å². The van der Waals surface area contributed by atoms with Crippen molar-refractivity contribution in [3.05, 3.63) is 63.0 Å². The van der Waals surface area contributed by atoms with E-state index >= 15 is 0 Å². The minimum absolute atomic E-state index is 0.0194. The predicted octanol–water partition coefficient (Wildman–Crippen LogP) is 3.48. The summed E-state index contributed by atoms with van der Waals surface area (Å²) in [6.07, 6.45) is 4.83. The fraction of sp³-hybridized carbons (Fsp3) is 0.429. The zero-order chi connectivity index (χ0) is 18.8. The van der Waals surface area contributed by atoms with Crippen molar-refractivity contribution in [1.82, 2.24) is 9.55 Å². The van der Waals surface area contributed by atoms with Crippen LogP contribution in [0.4, 0.5) is 0 Å². The van der Waals surface area contributed by atoms with Crippen LogP contribution in [-0.4, -0.2) is 27.4 Å². The predicted molar refractivity (Wildman–Crippen MR) is 107 cm³/mol. The van der Waals surface area contributed by atoms with E-state index in [0.717, 1.165) is 35.4 Å². The summed E-state index contributed by atoms with van der Waals surface area (Å²) >= 11 is 1.55. The monoisotopic (exact) mass is 384 g/mol. The van der Waals surface area contributed by atoms with Crippen molar-refractivity contribution < 1.29 is 9.84 Å². The van der Waals surface area contributed by atoms with Crippen LogP contribution in [0.2, 0.25) is 0 Å². The fourth-order valence-electron chi connectivity index (χ4n) is 3.70. The molecule has 0 saturated carbocycles. The lowest BCUT2D eigenvalue weighted by molar-refractivity contribution is -0.0228. The molecule has 5 nitrogen and oxygen atoms in total. The standard InChI is InChI=1S/C21H24N2O3S/c1-2-16-10-18-20(27-16)22-13-23(21(18)25)11-15(24)12-26-19-9-5-7-14-6-3-4-8-17(14)19/h3-4,6,8,10,13,15,19,24H,2,5,7,9,11-12H2,1H3. The van der Waals surface area contributed by atoms with Gasteiger partial charge in [0, 0.05) is 4.88 Å². The molecule has 2 aromatic heterocycles. The van der Waals surface area contributed by atoms with E-state index in [9.17, 15) is 9.90 Å². The average molecular weight is 385 g/mol. The Morgan fingerprint density at radius 2 is 2.26 bits per heavy atom. The van der Waals surface area contributed by atoms with Gasteiger partial charge in [0.25, 0.3) is 5.56 Å². The lowest BCUT2D eigenvalue weighted by atomic mass is 9.89. The van der Waals surface area contributed by atoms with Gasteiger partial charge in [0.15, 0.2) is 0 Å². The molecule has 1 aliphatic rings. The molecular formula is C21H24N2O3S. The SMILES string of the molecule is CCc1cc2c(=O)n(CC(O)COC3CCCc4ccccc43)cnc2s1. The minimum Gasteiger partial charge on any atom is -0.389 e. The lowest BCUT2D eigenvalue weighted by Crippen LogP contribution is -2.30. The van der Waals surface area contributed by atoms with Crippen LogP contribution in [0.5, 0.6) is 0 Å². The fourth-order valence-corrected chi connectivity index (χ4v) is 4.63. The van der Waals surface area contributed by atoms with Gasteiger partial charge in [0.1, 0.15) is 4.83 Å². The summed E-state index contributed by atoms with van der Waals surface area (Å²) in [7, 11) is 0. The summed E-state index contributed by atoms with van der Waals surface area (Å²) in [5, 5.41) is 11.1. The molecular weight excluding hydrogens is 360 g/mol. The van der Waals surface area contributed by atoms with Crippen molar-refractivity contribution >= 4 is 21.6 Å². The molecule has 1 aromatic carbocycles. The van der Waals surface area contributed by atoms with Gasteiger partial charge in [0.05, 0.1) is 37.1 Å². The molecule has 0 bridgehead atoms. The van der Waals surface area contributed by atoms with E-state index < -0.39 is 6.10 Å². The van der Waals surface area contributed by atoms with Crippen LogP contribution in [-0.2, 0) is 24.1 Å². The first-order chi connectivity index (χ1) is 13.2. The molecule has 0 spiro atoms. The van der Waals surface area contributed by atoms with Gasteiger partial charge in [-0.3, -0.25) is 9.36 Å². The highest BCUT2D eigenvalue weighted by molar-refractivity contribution is 7.18. The van der Waals surface area contributed by atoms with Gasteiger partial charge in [-0.1, -0.05) is 31.2 Å². The number of thiophene rings is 1. The maximum absolute atomic E-state index is 12.6. The number of ether oxygens (including phenoxy) is 1. The number of hydrogen-bond donors (Lipinski definition) is 1. The van der Waals surface area contributed by atoms with Crippen molar-refractivity contribution in [1.29, 1.82) is 0 Å². The van der Waals surface area contributed by atoms with Gasteiger partial charge >= 0.3 is 0 Å². The largest absolute Gasteiger partial charge is 0.389 e. The zero-order valence-electron chi connectivity index (χ0n) is 15.4. The molecule has 2 heterocycles. The van der Waals surface area contributed by atoms with Crippen LogP contribution in [0.25, 0.3) is 10.2 Å². The van der Waals surface area contributed by atoms with Crippen molar-refractivity contribution in [2.24, 2.45) is 0 Å². The average Bonchev–Trinajstić information content (AvgIpc) is 3.13. The Balaban J connectivity index is 1.43. The Hall–Kier alpha value is -2.02. The molecule has 27 heavy (non-hydrogen) atoms. The Morgan fingerprint density at radius 3 is 3.11 bits per heavy atom. The van der Waals surface area contributed by atoms with Gasteiger partial charge < -0.3 is 9.84 Å². The summed E-state index contributed by atoms with van der Waals surface area (Å²) in [6.45, 7) is 2.45. The van der Waals surface area contributed by atoms with Crippen molar-refractivity contribution in [3.63, 3.8) is 0 Å². The topological polar surface area (TPSA) is 64.4 Å². The molecule has 0 amide bonds. The highest BCUT2D eigenvalue weighted by Gasteiger charge is 2.21. The summed E-state index contributed by atoms with van der Waals surface area (Å²) in [4.78, 5) is 18.9. The molecule has 2 unspecified atom stereocenters. The normalized spacial score (nSPS) is 17.8. The second kappa shape index (κ2) is 7.92.